The summed E-state index contributed by atoms with van der Waals surface area (Å²) in [4.78, 5) is 10.7. The molecule has 3 nitrogen and oxygen atoms in total. The molecule has 15 heavy (non-hydrogen) atoms. The van der Waals surface area contributed by atoms with E-state index in [2.05, 4.69) is 0 Å². The molecular weight excluding hydrogens is 216 g/mol. The zero-order chi connectivity index (χ0) is 11.4. The number of ether oxygens (including phenoxy) is 1. The van der Waals surface area contributed by atoms with Crippen LogP contribution in [0.25, 0.3) is 0 Å². The Morgan fingerprint density at radius 3 is 2.80 bits per heavy atom. The van der Waals surface area contributed by atoms with E-state index in [1.54, 1.807) is 19.1 Å². The minimum absolute atomic E-state index is 0.416. The van der Waals surface area contributed by atoms with Gasteiger partial charge >= 0.3 is 5.97 Å². The Morgan fingerprint density at radius 1 is 1.60 bits per heavy atom. The van der Waals surface area contributed by atoms with Crippen molar-refractivity contribution in [2.24, 2.45) is 5.92 Å². The summed E-state index contributed by atoms with van der Waals surface area (Å²) in [5, 5.41) is 9.31. The van der Waals surface area contributed by atoms with E-state index >= 15 is 0 Å². The molecule has 1 N–H and O–H groups in total. The molecule has 4 heteroatoms. The maximum atomic E-state index is 10.7. The number of para-hydroxylation sites is 1. The van der Waals surface area contributed by atoms with Gasteiger partial charge in [0.1, 0.15) is 5.75 Å². The normalized spacial score (nSPS) is 12.2. The zero-order valence-electron chi connectivity index (χ0n) is 8.66. The van der Waals surface area contributed by atoms with Gasteiger partial charge in [0, 0.05) is 0 Å². The summed E-state index contributed by atoms with van der Waals surface area (Å²) >= 11 is 5.92. The third-order valence-corrected chi connectivity index (χ3v) is 2.50. The Labute approximate surface area is 93.6 Å². The molecule has 0 spiro atoms. The average molecular weight is 229 g/mol. The van der Waals surface area contributed by atoms with E-state index in [0.717, 1.165) is 5.56 Å². The first kappa shape index (κ1) is 11.9. The molecule has 1 aromatic rings. The molecule has 0 saturated heterocycles. The van der Waals surface area contributed by atoms with Gasteiger partial charge in [-0.15, -0.1) is 0 Å². The van der Waals surface area contributed by atoms with Gasteiger partial charge in [0.05, 0.1) is 18.1 Å². The molecular formula is C11H13ClO3. The monoisotopic (exact) mass is 228 g/mol. The Kier molecular flexibility index (Phi) is 3.97. The van der Waals surface area contributed by atoms with E-state index in [-0.39, 0.29) is 0 Å². The lowest BCUT2D eigenvalue weighted by Crippen LogP contribution is -2.12. The second-order valence-electron chi connectivity index (χ2n) is 3.38. The van der Waals surface area contributed by atoms with Crippen molar-refractivity contribution < 1.29 is 14.6 Å². The Bertz CT molecular complexity index is 363. The van der Waals surface area contributed by atoms with E-state index in [1.165, 1.54) is 7.11 Å². The topological polar surface area (TPSA) is 46.5 Å². The third kappa shape index (κ3) is 2.86. The number of carbonyl (C=O) groups is 1. The second kappa shape index (κ2) is 5.03. The second-order valence-corrected chi connectivity index (χ2v) is 3.78. The van der Waals surface area contributed by atoms with Crippen LogP contribution in [-0.2, 0) is 11.2 Å². The highest BCUT2D eigenvalue weighted by atomic mass is 35.5. The Hall–Kier alpha value is -1.22. The molecule has 82 valence electrons. The highest BCUT2D eigenvalue weighted by molar-refractivity contribution is 6.32. The van der Waals surface area contributed by atoms with E-state index < -0.39 is 11.9 Å². The summed E-state index contributed by atoms with van der Waals surface area (Å²) in [6, 6.07) is 5.33. The van der Waals surface area contributed by atoms with Crippen LogP contribution in [0.1, 0.15) is 12.5 Å². The molecule has 0 radical (unpaired) electrons. The lowest BCUT2D eigenvalue weighted by atomic mass is 10.0. The number of aliphatic carboxylic acids is 1. The van der Waals surface area contributed by atoms with Gasteiger partial charge in [0.2, 0.25) is 0 Å². The van der Waals surface area contributed by atoms with Crippen molar-refractivity contribution in [2.45, 2.75) is 13.3 Å². The highest BCUT2D eigenvalue weighted by Gasteiger charge is 2.15. The SMILES string of the molecule is COc1c(Cl)cccc1CC(C)C(=O)O. The summed E-state index contributed by atoms with van der Waals surface area (Å²) < 4.78 is 5.13. The maximum absolute atomic E-state index is 10.7. The van der Waals surface area contributed by atoms with Crippen LogP contribution in [0.15, 0.2) is 18.2 Å². The van der Waals surface area contributed by atoms with Crippen LogP contribution >= 0.6 is 11.6 Å². The minimum Gasteiger partial charge on any atom is -0.495 e. The van der Waals surface area contributed by atoms with Crippen molar-refractivity contribution in [2.75, 3.05) is 7.11 Å². The Morgan fingerprint density at radius 2 is 2.27 bits per heavy atom. The lowest BCUT2D eigenvalue weighted by Gasteiger charge is -2.11. The zero-order valence-corrected chi connectivity index (χ0v) is 9.41. The summed E-state index contributed by atoms with van der Waals surface area (Å²) in [6.07, 6.45) is 0.416. The van der Waals surface area contributed by atoms with Crippen molar-refractivity contribution in [3.05, 3.63) is 28.8 Å². The number of hydrogen-bond donors (Lipinski definition) is 1. The first-order valence-corrected chi connectivity index (χ1v) is 4.98. The van der Waals surface area contributed by atoms with E-state index in [4.69, 9.17) is 21.4 Å². The molecule has 0 amide bonds. The molecule has 0 aliphatic carbocycles. The smallest absolute Gasteiger partial charge is 0.306 e. The van der Waals surface area contributed by atoms with Crippen molar-refractivity contribution in [3.63, 3.8) is 0 Å². The quantitative estimate of drug-likeness (QED) is 0.862. The van der Waals surface area contributed by atoms with Gasteiger partial charge in [0.15, 0.2) is 0 Å². The van der Waals surface area contributed by atoms with Crippen molar-refractivity contribution in [3.8, 4) is 5.75 Å². The summed E-state index contributed by atoms with van der Waals surface area (Å²) in [6.45, 7) is 1.66. The fourth-order valence-electron chi connectivity index (χ4n) is 1.36. The molecule has 1 rings (SSSR count). The van der Waals surface area contributed by atoms with Crippen LogP contribution in [0, 0.1) is 5.92 Å². The molecule has 1 aromatic carbocycles. The number of halogens is 1. The molecule has 0 saturated carbocycles. The Balaban J connectivity index is 2.94. The molecule has 1 unspecified atom stereocenters. The van der Waals surface area contributed by atoms with Gasteiger partial charge < -0.3 is 9.84 Å². The number of benzene rings is 1. The van der Waals surface area contributed by atoms with Crippen LogP contribution in [0.3, 0.4) is 0 Å². The molecule has 0 aliphatic heterocycles. The predicted molar refractivity (Wildman–Crippen MR) is 58.5 cm³/mol. The summed E-state index contributed by atoms with van der Waals surface area (Å²) in [5.74, 6) is -0.707. The third-order valence-electron chi connectivity index (χ3n) is 2.20. The summed E-state index contributed by atoms with van der Waals surface area (Å²) in [7, 11) is 1.52. The van der Waals surface area contributed by atoms with Crippen molar-refractivity contribution in [1.29, 1.82) is 0 Å². The fraction of sp³-hybridized carbons (Fsp3) is 0.364. The standard InChI is InChI=1S/C11H13ClO3/c1-7(11(13)14)6-8-4-3-5-9(12)10(8)15-2/h3-5,7H,6H2,1-2H3,(H,13,14). The van der Waals surface area contributed by atoms with Crippen LogP contribution in [0.2, 0.25) is 5.02 Å². The minimum atomic E-state index is -0.822. The summed E-state index contributed by atoms with van der Waals surface area (Å²) in [5.41, 5.74) is 0.819. The van der Waals surface area contributed by atoms with Gasteiger partial charge in [-0.1, -0.05) is 30.7 Å². The predicted octanol–water partition coefficient (Wildman–Crippen LogP) is 2.61. The van der Waals surface area contributed by atoms with Crippen molar-refractivity contribution in [1.82, 2.24) is 0 Å². The number of carboxylic acids is 1. The van der Waals surface area contributed by atoms with Crippen molar-refractivity contribution >= 4 is 17.6 Å². The first-order chi connectivity index (χ1) is 7.06. The van der Waals surface area contributed by atoms with Gasteiger partial charge in [-0.2, -0.15) is 0 Å². The number of rotatable bonds is 4. The lowest BCUT2D eigenvalue weighted by molar-refractivity contribution is -0.141. The van der Waals surface area contributed by atoms with E-state index in [1.807, 2.05) is 6.07 Å². The molecule has 0 heterocycles. The van der Waals surface area contributed by atoms with Gasteiger partial charge in [-0.3, -0.25) is 4.79 Å². The van der Waals surface area contributed by atoms with Crippen LogP contribution < -0.4 is 4.74 Å². The number of carboxylic acid groups (broad SMARTS) is 1. The molecule has 0 aliphatic rings. The van der Waals surface area contributed by atoms with Crippen LogP contribution in [0.5, 0.6) is 5.75 Å². The largest absolute Gasteiger partial charge is 0.495 e. The van der Waals surface area contributed by atoms with Gasteiger partial charge in [-0.25, -0.2) is 0 Å². The highest BCUT2D eigenvalue weighted by Crippen LogP contribution is 2.29. The van der Waals surface area contributed by atoms with E-state index in [9.17, 15) is 4.79 Å². The molecule has 0 fully saturated rings. The molecule has 0 aromatic heterocycles. The van der Waals surface area contributed by atoms with Gasteiger partial charge in [0.25, 0.3) is 0 Å². The molecule has 1 atom stereocenters. The van der Waals surface area contributed by atoms with Crippen LogP contribution in [-0.4, -0.2) is 18.2 Å². The average Bonchev–Trinajstić information content (AvgIpc) is 2.18. The maximum Gasteiger partial charge on any atom is 0.306 e. The first-order valence-electron chi connectivity index (χ1n) is 4.60. The van der Waals surface area contributed by atoms with Crippen LogP contribution in [0.4, 0.5) is 0 Å². The van der Waals surface area contributed by atoms with Gasteiger partial charge in [-0.05, 0) is 18.1 Å². The molecule has 0 bridgehead atoms. The number of methoxy groups -OCH3 is 1. The number of hydrogen-bond acceptors (Lipinski definition) is 2. The van der Waals surface area contributed by atoms with E-state index in [0.29, 0.717) is 17.2 Å². The fourth-order valence-corrected chi connectivity index (χ4v) is 1.63.